The van der Waals surface area contributed by atoms with Crippen LogP contribution in [0.2, 0.25) is 0 Å². The monoisotopic (exact) mass is 286 g/mol. The van der Waals surface area contributed by atoms with Crippen LogP contribution in [-0.2, 0) is 4.79 Å². The lowest BCUT2D eigenvalue weighted by atomic mass is 10.1. The van der Waals surface area contributed by atoms with Crippen LogP contribution in [0.5, 0.6) is 0 Å². The maximum absolute atomic E-state index is 12.8. The molecular weight excluding hydrogens is 271 g/mol. The van der Waals surface area contributed by atoms with Crippen molar-refractivity contribution in [3.8, 4) is 0 Å². The molecule has 0 aliphatic rings. The molecule has 0 aliphatic carbocycles. The number of hydrogen-bond donors (Lipinski definition) is 2. The third kappa shape index (κ3) is 4.42. The predicted octanol–water partition coefficient (Wildman–Crippen LogP) is 3.08. The molecule has 0 spiro atoms. The van der Waals surface area contributed by atoms with Gasteiger partial charge in [0.2, 0.25) is 5.91 Å². The quantitative estimate of drug-likeness (QED) is 0.830. The van der Waals surface area contributed by atoms with Crippen LogP contribution < -0.4 is 10.6 Å². The van der Waals surface area contributed by atoms with E-state index < -0.39 is 0 Å². The van der Waals surface area contributed by atoms with E-state index in [0.29, 0.717) is 16.9 Å². The number of anilines is 2. The number of carbonyl (C=O) groups excluding carboxylic acids is 2. The minimum Gasteiger partial charge on any atom is -0.378 e. The van der Waals surface area contributed by atoms with Gasteiger partial charge in [-0.25, -0.2) is 4.39 Å². The Morgan fingerprint density at radius 2 is 1.52 bits per heavy atom. The van der Waals surface area contributed by atoms with Gasteiger partial charge in [0.25, 0.3) is 0 Å². The molecule has 0 saturated carbocycles. The van der Waals surface area contributed by atoms with Gasteiger partial charge in [-0.1, -0.05) is 0 Å². The standard InChI is InChI=1S/C16H15FN2O2/c1-11(20)19-15-6-2-12(3-7-15)16(21)10-18-14-8-4-13(17)5-9-14/h2-9,18H,10H2,1H3,(H,19,20). The molecule has 4 nitrogen and oxygen atoms in total. The van der Waals surface area contributed by atoms with Crippen molar-refractivity contribution in [3.63, 3.8) is 0 Å². The van der Waals surface area contributed by atoms with Crippen molar-refractivity contribution >= 4 is 23.1 Å². The van der Waals surface area contributed by atoms with Crippen molar-refractivity contribution in [2.24, 2.45) is 0 Å². The van der Waals surface area contributed by atoms with E-state index in [9.17, 15) is 14.0 Å². The Morgan fingerprint density at radius 1 is 0.952 bits per heavy atom. The number of carbonyl (C=O) groups is 2. The van der Waals surface area contributed by atoms with Crippen LogP contribution >= 0.6 is 0 Å². The number of rotatable bonds is 5. The van der Waals surface area contributed by atoms with Crippen molar-refractivity contribution in [1.82, 2.24) is 0 Å². The van der Waals surface area contributed by atoms with Gasteiger partial charge in [-0.2, -0.15) is 0 Å². The molecule has 2 rings (SSSR count). The number of ketones is 1. The fourth-order valence-electron chi connectivity index (χ4n) is 1.79. The van der Waals surface area contributed by atoms with Crippen LogP contribution in [0, 0.1) is 5.82 Å². The van der Waals surface area contributed by atoms with Crippen LogP contribution in [0.4, 0.5) is 15.8 Å². The molecule has 21 heavy (non-hydrogen) atoms. The SMILES string of the molecule is CC(=O)Nc1ccc(C(=O)CNc2ccc(F)cc2)cc1. The van der Waals surface area contributed by atoms with E-state index in [1.807, 2.05) is 0 Å². The number of benzene rings is 2. The highest BCUT2D eigenvalue weighted by Crippen LogP contribution is 2.11. The Bertz CT molecular complexity index is 636. The lowest BCUT2D eigenvalue weighted by Gasteiger charge is -2.07. The first-order valence-electron chi connectivity index (χ1n) is 6.45. The van der Waals surface area contributed by atoms with Crippen molar-refractivity contribution in [2.45, 2.75) is 6.92 Å². The van der Waals surface area contributed by atoms with Gasteiger partial charge in [-0.05, 0) is 48.5 Å². The van der Waals surface area contributed by atoms with Crippen LogP contribution in [0.1, 0.15) is 17.3 Å². The molecule has 2 aromatic carbocycles. The second kappa shape index (κ2) is 6.65. The van der Waals surface area contributed by atoms with E-state index in [1.165, 1.54) is 19.1 Å². The van der Waals surface area contributed by atoms with E-state index in [2.05, 4.69) is 10.6 Å². The number of Topliss-reactive ketones (excluding diaryl/α,β-unsaturated/α-hetero) is 1. The maximum atomic E-state index is 12.8. The van der Waals surface area contributed by atoms with E-state index in [0.717, 1.165) is 0 Å². The lowest BCUT2D eigenvalue weighted by molar-refractivity contribution is -0.114. The normalized spacial score (nSPS) is 10.0. The van der Waals surface area contributed by atoms with Gasteiger partial charge in [0, 0.05) is 23.9 Å². The molecule has 0 heterocycles. The third-order valence-electron chi connectivity index (χ3n) is 2.82. The smallest absolute Gasteiger partial charge is 0.221 e. The van der Waals surface area contributed by atoms with Gasteiger partial charge < -0.3 is 10.6 Å². The summed E-state index contributed by atoms with van der Waals surface area (Å²) in [5.74, 6) is -0.568. The Labute approximate surface area is 122 Å². The van der Waals surface area contributed by atoms with Crippen LogP contribution in [0.25, 0.3) is 0 Å². The Kier molecular flexibility index (Phi) is 4.66. The summed E-state index contributed by atoms with van der Waals surface area (Å²) in [6.45, 7) is 1.54. The van der Waals surface area contributed by atoms with Gasteiger partial charge in [0.1, 0.15) is 5.82 Å². The molecule has 2 aromatic rings. The molecule has 0 radical (unpaired) electrons. The highest BCUT2D eigenvalue weighted by Gasteiger charge is 2.06. The van der Waals surface area contributed by atoms with Crippen molar-refractivity contribution in [3.05, 3.63) is 59.9 Å². The lowest BCUT2D eigenvalue weighted by Crippen LogP contribution is -2.14. The van der Waals surface area contributed by atoms with Gasteiger partial charge >= 0.3 is 0 Å². The topological polar surface area (TPSA) is 58.2 Å². The van der Waals surface area contributed by atoms with Crippen LogP contribution in [-0.4, -0.2) is 18.2 Å². The molecular formula is C16H15FN2O2. The molecule has 0 aliphatic heterocycles. The van der Waals surface area contributed by atoms with Crippen LogP contribution in [0.3, 0.4) is 0 Å². The van der Waals surface area contributed by atoms with Gasteiger partial charge in [-0.15, -0.1) is 0 Å². The van der Waals surface area contributed by atoms with E-state index in [-0.39, 0.29) is 24.1 Å². The molecule has 108 valence electrons. The molecule has 0 saturated heterocycles. The third-order valence-corrected chi connectivity index (χ3v) is 2.82. The van der Waals surface area contributed by atoms with E-state index in [1.54, 1.807) is 36.4 Å². The summed E-state index contributed by atoms with van der Waals surface area (Å²) in [4.78, 5) is 22.9. The average molecular weight is 286 g/mol. The second-order valence-electron chi connectivity index (χ2n) is 4.54. The Morgan fingerprint density at radius 3 is 2.10 bits per heavy atom. The number of amides is 1. The summed E-state index contributed by atoms with van der Waals surface area (Å²) >= 11 is 0. The zero-order valence-corrected chi connectivity index (χ0v) is 11.5. The first kappa shape index (κ1) is 14.7. The largest absolute Gasteiger partial charge is 0.378 e. The molecule has 2 N–H and O–H groups in total. The summed E-state index contributed by atoms with van der Waals surface area (Å²) in [6.07, 6.45) is 0. The maximum Gasteiger partial charge on any atom is 0.221 e. The first-order valence-corrected chi connectivity index (χ1v) is 6.45. The average Bonchev–Trinajstić information content (AvgIpc) is 2.46. The van der Waals surface area contributed by atoms with Crippen molar-refractivity contribution in [2.75, 3.05) is 17.2 Å². The number of hydrogen-bond acceptors (Lipinski definition) is 3. The summed E-state index contributed by atoms with van der Waals surface area (Å²) < 4.78 is 12.8. The summed E-state index contributed by atoms with van der Waals surface area (Å²) in [5, 5.41) is 5.56. The molecule has 0 aromatic heterocycles. The van der Waals surface area contributed by atoms with E-state index in [4.69, 9.17) is 0 Å². The minimum atomic E-state index is -0.319. The first-order chi connectivity index (χ1) is 10.0. The predicted molar refractivity (Wildman–Crippen MR) is 80.0 cm³/mol. The summed E-state index contributed by atoms with van der Waals surface area (Å²) in [5.41, 5.74) is 1.86. The van der Waals surface area contributed by atoms with Crippen molar-refractivity contribution < 1.29 is 14.0 Å². The second-order valence-corrected chi connectivity index (χ2v) is 4.54. The van der Waals surface area contributed by atoms with Crippen LogP contribution in [0.15, 0.2) is 48.5 Å². The fraction of sp³-hybridized carbons (Fsp3) is 0.125. The fourth-order valence-corrected chi connectivity index (χ4v) is 1.79. The number of halogens is 1. The molecule has 0 atom stereocenters. The summed E-state index contributed by atoms with van der Waals surface area (Å²) in [6, 6.07) is 12.5. The van der Waals surface area contributed by atoms with Crippen molar-refractivity contribution in [1.29, 1.82) is 0 Å². The molecule has 0 unspecified atom stereocenters. The Balaban J connectivity index is 1.93. The van der Waals surface area contributed by atoms with Gasteiger partial charge in [0.15, 0.2) is 5.78 Å². The minimum absolute atomic E-state index is 0.0892. The number of nitrogens with one attached hydrogen (secondary N) is 2. The molecule has 5 heteroatoms. The molecule has 0 fully saturated rings. The zero-order chi connectivity index (χ0) is 15.2. The Hall–Kier alpha value is -2.69. The van der Waals surface area contributed by atoms with Gasteiger partial charge in [-0.3, -0.25) is 9.59 Å². The zero-order valence-electron chi connectivity index (χ0n) is 11.5. The molecule has 1 amide bonds. The highest BCUT2D eigenvalue weighted by atomic mass is 19.1. The van der Waals surface area contributed by atoms with E-state index >= 15 is 0 Å². The highest BCUT2D eigenvalue weighted by molar-refractivity contribution is 5.99. The summed E-state index contributed by atoms with van der Waals surface area (Å²) in [7, 11) is 0. The molecule has 0 bridgehead atoms. The van der Waals surface area contributed by atoms with Gasteiger partial charge in [0.05, 0.1) is 6.54 Å².